The van der Waals surface area contributed by atoms with E-state index in [1.807, 2.05) is 0 Å². The van der Waals surface area contributed by atoms with E-state index in [0.29, 0.717) is 10.7 Å². The molecule has 1 aliphatic heterocycles. The van der Waals surface area contributed by atoms with E-state index >= 15 is 0 Å². The number of carbonyl (C=O) groups is 1. The van der Waals surface area contributed by atoms with Gasteiger partial charge in [-0.1, -0.05) is 34.8 Å². The zero-order valence-corrected chi connectivity index (χ0v) is 10.1. The van der Waals surface area contributed by atoms with E-state index in [1.54, 1.807) is 24.3 Å². The summed E-state index contributed by atoms with van der Waals surface area (Å²) in [6.45, 7) is 0. The molecule has 2 rings (SSSR count). The highest BCUT2D eigenvalue weighted by Crippen LogP contribution is 2.33. The minimum atomic E-state index is -1.79. The zero-order valence-electron chi connectivity index (χ0n) is 7.82. The molecule has 0 atom stereocenters. The van der Waals surface area contributed by atoms with Gasteiger partial charge < -0.3 is 5.73 Å². The number of amidine groups is 1. The van der Waals surface area contributed by atoms with Crippen LogP contribution in [0.1, 0.15) is 0 Å². The molecule has 0 radical (unpaired) electrons. The lowest BCUT2D eigenvalue weighted by Gasteiger charge is -2.14. The molecule has 0 unspecified atom stereocenters. The Kier molecular flexibility index (Phi) is 2.74. The van der Waals surface area contributed by atoms with Gasteiger partial charge in [0.25, 0.3) is 10.2 Å². The molecular weight excluding hydrogens is 272 g/mol. The number of rotatable bonds is 1. The fraction of sp³-hybridized carbons (Fsp3) is 0.111. The first-order chi connectivity index (χ1) is 7.43. The fourth-order valence-electron chi connectivity index (χ4n) is 1.22. The Bertz CT molecular complexity index is 469. The number of benzene rings is 1. The summed E-state index contributed by atoms with van der Waals surface area (Å²) in [4.78, 5) is 11.8. The number of hydrazone groups is 1. The van der Waals surface area contributed by atoms with Crippen molar-refractivity contribution in [3.05, 3.63) is 29.3 Å². The van der Waals surface area contributed by atoms with Crippen LogP contribution in [0.15, 0.2) is 29.4 Å². The van der Waals surface area contributed by atoms with Gasteiger partial charge in [-0.05, 0) is 24.3 Å². The molecule has 1 heterocycles. The summed E-state index contributed by atoms with van der Waals surface area (Å²) in [6.07, 6.45) is 0. The van der Waals surface area contributed by atoms with Crippen molar-refractivity contribution in [1.82, 2.24) is 0 Å². The highest BCUT2D eigenvalue weighted by molar-refractivity contribution is 6.70. The molecule has 1 aromatic carbocycles. The second kappa shape index (κ2) is 3.80. The van der Waals surface area contributed by atoms with Gasteiger partial charge in [-0.25, -0.2) is 0 Å². The number of nitrogens with two attached hydrogens (primary N) is 1. The van der Waals surface area contributed by atoms with E-state index in [0.717, 1.165) is 5.01 Å². The molecule has 4 nitrogen and oxygen atoms in total. The largest absolute Gasteiger partial charge is 0.383 e. The Morgan fingerprint density at radius 3 is 2.25 bits per heavy atom. The van der Waals surface area contributed by atoms with Gasteiger partial charge in [-0.3, -0.25) is 4.79 Å². The number of amides is 1. The van der Waals surface area contributed by atoms with Crippen LogP contribution in [0.5, 0.6) is 0 Å². The third-order valence-electron chi connectivity index (χ3n) is 2.06. The molecule has 0 aliphatic carbocycles. The normalized spacial score (nSPS) is 18.8. The average molecular weight is 279 g/mol. The number of halogens is 3. The Morgan fingerprint density at radius 1 is 1.25 bits per heavy atom. The topological polar surface area (TPSA) is 58.7 Å². The third-order valence-corrected chi connectivity index (χ3v) is 3.02. The van der Waals surface area contributed by atoms with Crippen LogP contribution in [0.2, 0.25) is 5.02 Å². The number of nitrogens with zero attached hydrogens (tertiary/aromatic N) is 2. The van der Waals surface area contributed by atoms with Crippen LogP contribution in [-0.2, 0) is 4.79 Å². The van der Waals surface area contributed by atoms with Gasteiger partial charge in [0.15, 0.2) is 5.84 Å². The van der Waals surface area contributed by atoms with Crippen molar-refractivity contribution < 1.29 is 4.79 Å². The van der Waals surface area contributed by atoms with Crippen molar-refractivity contribution in [2.24, 2.45) is 10.8 Å². The predicted octanol–water partition coefficient (Wildman–Crippen LogP) is 2.13. The maximum atomic E-state index is 11.8. The lowest BCUT2D eigenvalue weighted by atomic mass is 10.3. The van der Waals surface area contributed by atoms with E-state index in [9.17, 15) is 4.79 Å². The first kappa shape index (κ1) is 11.5. The molecule has 0 saturated heterocycles. The molecule has 2 N–H and O–H groups in total. The third kappa shape index (κ3) is 1.73. The summed E-state index contributed by atoms with van der Waals surface area (Å²) >= 11 is 17.2. The number of anilines is 1. The Labute approximate surface area is 107 Å². The van der Waals surface area contributed by atoms with Crippen LogP contribution in [0.4, 0.5) is 5.69 Å². The molecule has 0 fully saturated rings. The second-order valence-electron chi connectivity index (χ2n) is 3.15. The van der Waals surface area contributed by atoms with Crippen molar-refractivity contribution in [2.75, 3.05) is 5.01 Å². The summed E-state index contributed by atoms with van der Waals surface area (Å²) in [5, 5.41) is 5.39. The standard InChI is InChI=1S/C9H6Cl3N3O/c10-5-1-3-6(4-2-5)15-8(16)9(11,12)7(13)14-15/h1-4H,(H2,13,14). The number of hydrogen-bond donors (Lipinski definition) is 1. The van der Waals surface area contributed by atoms with Crippen molar-refractivity contribution in [1.29, 1.82) is 0 Å². The predicted molar refractivity (Wildman–Crippen MR) is 65.0 cm³/mol. The number of carbonyl (C=O) groups excluding carboxylic acids is 1. The van der Waals surface area contributed by atoms with Crippen LogP contribution < -0.4 is 10.7 Å². The molecule has 0 spiro atoms. The van der Waals surface area contributed by atoms with Crippen LogP contribution in [0, 0.1) is 0 Å². The van der Waals surface area contributed by atoms with Gasteiger partial charge in [-0.15, -0.1) is 5.10 Å². The molecule has 0 bridgehead atoms. The van der Waals surface area contributed by atoms with Crippen molar-refractivity contribution in [3.63, 3.8) is 0 Å². The highest BCUT2D eigenvalue weighted by Gasteiger charge is 2.48. The van der Waals surface area contributed by atoms with Gasteiger partial charge >= 0.3 is 0 Å². The smallest absolute Gasteiger partial charge is 0.291 e. The van der Waals surface area contributed by atoms with Crippen molar-refractivity contribution in [2.45, 2.75) is 4.33 Å². The molecule has 1 aliphatic rings. The maximum Gasteiger partial charge on any atom is 0.291 e. The lowest BCUT2D eigenvalue weighted by Crippen LogP contribution is -2.39. The van der Waals surface area contributed by atoms with Gasteiger partial charge in [-0.2, -0.15) is 5.01 Å². The van der Waals surface area contributed by atoms with E-state index in [2.05, 4.69) is 5.10 Å². The van der Waals surface area contributed by atoms with Gasteiger partial charge in [0, 0.05) is 5.02 Å². The fourth-order valence-corrected chi connectivity index (χ4v) is 1.58. The number of alkyl halides is 2. The Morgan fingerprint density at radius 2 is 1.81 bits per heavy atom. The van der Waals surface area contributed by atoms with Crippen LogP contribution in [-0.4, -0.2) is 16.1 Å². The van der Waals surface area contributed by atoms with Crippen LogP contribution >= 0.6 is 34.8 Å². The quantitative estimate of drug-likeness (QED) is 0.800. The second-order valence-corrected chi connectivity index (χ2v) is 4.92. The summed E-state index contributed by atoms with van der Waals surface area (Å²) in [7, 11) is 0. The summed E-state index contributed by atoms with van der Waals surface area (Å²) in [5.41, 5.74) is 5.96. The molecule has 0 aromatic heterocycles. The molecule has 1 aromatic rings. The van der Waals surface area contributed by atoms with Crippen LogP contribution in [0.3, 0.4) is 0 Å². The van der Waals surface area contributed by atoms with Crippen molar-refractivity contribution >= 4 is 52.2 Å². The summed E-state index contributed by atoms with van der Waals surface area (Å²) in [5.74, 6) is -0.744. The molecule has 1 amide bonds. The van der Waals surface area contributed by atoms with E-state index < -0.39 is 10.2 Å². The molecular formula is C9H6Cl3N3O. The van der Waals surface area contributed by atoms with E-state index in [4.69, 9.17) is 40.5 Å². The monoisotopic (exact) mass is 277 g/mol. The first-order valence-corrected chi connectivity index (χ1v) is 5.39. The highest BCUT2D eigenvalue weighted by atomic mass is 35.5. The maximum absolute atomic E-state index is 11.8. The van der Waals surface area contributed by atoms with Gasteiger partial charge in [0.2, 0.25) is 0 Å². The molecule has 0 saturated carbocycles. The Hall–Kier alpha value is -0.970. The van der Waals surface area contributed by atoms with Gasteiger partial charge in [0.05, 0.1) is 5.69 Å². The van der Waals surface area contributed by atoms with Gasteiger partial charge in [0.1, 0.15) is 0 Å². The first-order valence-electron chi connectivity index (χ1n) is 4.25. The average Bonchev–Trinajstić information content (AvgIpc) is 2.44. The minimum absolute atomic E-state index is 0.143. The molecule has 16 heavy (non-hydrogen) atoms. The summed E-state index contributed by atoms with van der Waals surface area (Å²) in [6, 6.07) is 6.48. The zero-order chi connectivity index (χ0) is 11.9. The molecule has 84 valence electrons. The summed E-state index contributed by atoms with van der Waals surface area (Å²) < 4.78 is -1.79. The molecule has 7 heteroatoms. The Balaban J connectivity index is 2.38. The minimum Gasteiger partial charge on any atom is -0.383 e. The lowest BCUT2D eigenvalue weighted by molar-refractivity contribution is -0.117. The SMILES string of the molecule is NC1=NN(c2ccc(Cl)cc2)C(=O)C1(Cl)Cl. The van der Waals surface area contributed by atoms with E-state index in [1.165, 1.54) is 0 Å². The number of hydrogen-bond acceptors (Lipinski definition) is 3. The van der Waals surface area contributed by atoms with E-state index in [-0.39, 0.29) is 5.84 Å². The van der Waals surface area contributed by atoms with Crippen LogP contribution in [0.25, 0.3) is 0 Å². The van der Waals surface area contributed by atoms with Crippen molar-refractivity contribution in [3.8, 4) is 0 Å².